The van der Waals surface area contributed by atoms with Crippen molar-refractivity contribution in [1.29, 1.82) is 0 Å². The van der Waals surface area contributed by atoms with Crippen molar-refractivity contribution in [1.82, 2.24) is 4.90 Å². The van der Waals surface area contributed by atoms with Gasteiger partial charge in [-0.25, -0.2) is 4.39 Å². The molecule has 4 nitrogen and oxygen atoms in total. The van der Waals surface area contributed by atoms with Crippen molar-refractivity contribution in [2.75, 3.05) is 13.2 Å². The molecule has 1 amide bonds. The number of hydrogen-bond donors (Lipinski definition) is 1. The molecule has 1 saturated heterocycles. The van der Waals surface area contributed by atoms with Crippen LogP contribution in [0.2, 0.25) is 0 Å². The van der Waals surface area contributed by atoms with Crippen LogP contribution in [0.4, 0.5) is 4.39 Å². The van der Waals surface area contributed by atoms with Crippen LogP contribution in [0.5, 0.6) is 5.75 Å². The molecule has 5 heteroatoms. The zero-order valence-corrected chi connectivity index (χ0v) is 10.5. The molecular formula is C14H16FNO3. The molecule has 0 radical (unpaired) electrons. The first-order valence-electron chi connectivity index (χ1n) is 6.58. The number of amides is 1. The van der Waals surface area contributed by atoms with Crippen LogP contribution in [-0.4, -0.2) is 41.2 Å². The number of fused-ring (bicyclic) bond motifs is 1. The second kappa shape index (κ2) is 4.81. The fourth-order valence-electron chi connectivity index (χ4n) is 3.01. The quantitative estimate of drug-likeness (QED) is 0.844. The third kappa shape index (κ3) is 2.18. The van der Waals surface area contributed by atoms with Gasteiger partial charge in [0.05, 0.1) is 24.3 Å². The number of carbonyl (C=O) groups excluding carboxylic acids is 1. The molecule has 1 heterocycles. The standard InChI is InChI=1S/C14H16FNO3/c15-9-4-5-12(17)10(8-9)14(18)16-6-7-19-13-3-1-2-11(13)16/h4-5,8,11,13,17H,1-3,6-7H2. The van der Waals surface area contributed by atoms with Gasteiger partial charge in [-0.1, -0.05) is 0 Å². The van der Waals surface area contributed by atoms with E-state index in [2.05, 4.69) is 0 Å². The second-order valence-electron chi connectivity index (χ2n) is 5.07. The molecule has 1 N–H and O–H groups in total. The highest BCUT2D eigenvalue weighted by molar-refractivity contribution is 5.97. The van der Waals surface area contributed by atoms with Crippen LogP contribution in [-0.2, 0) is 4.74 Å². The first kappa shape index (κ1) is 12.4. The first-order valence-corrected chi connectivity index (χ1v) is 6.58. The number of nitrogens with zero attached hydrogens (tertiary/aromatic N) is 1. The SMILES string of the molecule is O=C(c1cc(F)ccc1O)N1CCOC2CCCC21. The van der Waals surface area contributed by atoms with Crippen molar-refractivity contribution in [2.45, 2.75) is 31.4 Å². The topological polar surface area (TPSA) is 49.8 Å². The lowest BCUT2D eigenvalue weighted by molar-refractivity contribution is -0.0446. The summed E-state index contributed by atoms with van der Waals surface area (Å²) in [6, 6.07) is 3.51. The molecule has 2 atom stereocenters. The minimum atomic E-state index is -0.516. The van der Waals surface area contributed by atoms with E-state index in [4.69, 9.17) is 4.74 Å². The Kier molecular flexibility index (Phi) is 3.14. The normalized spacial score (nSPS) is 26.3. The van der Waals surface area contributed by atoms with E-state index in [1.165, 1.54) is 6.07 Å². The van der Waals surface area contributed by atoms with E-state index in [0.29, 0.717) is 13.2 Å². The number of morpholine rings is 1. The Morgan fingerprint density at radius 2 is 2.26 bits per heavy atom. The van der Waals surface area contributed by atoms with Gasteiger partial charge in [-0.3, -0.25) is 4.79 Å². The third-order valence-corrected chi connectivity index (χ3v) is 3.93. The molecule has 2 unspecified atom stereocenters. The number of halogens is 1. The van der Waals surface area contributed by atoms with Crippen LogP contribution in [0.15, 0.2) is 18.2 Å². The highest BCUT2D eigenvalue weighted by Gasteiger charge is 2.39. The van der Waals surface area contributed by atoms with E-state index in [1.54, 1.807) is 4.90 Å². The zero-order valence-electron chi connectivity index (χ0n) is 10.5. The number of rotatable bonds is 1. The van der Waals surface area contributed by atoms with Gasteiger partial charge in [-0.05, 0) is 37.5 Å². The largest absolute Gasteiger partial charge is 0.507 e. The van der Waals surface area contributed by atoms with Crippen molar-refractivity contribution in [3.8, 4) is 5.75 Å². The first-order chi connectivity index (χ1) is 9.16. The molecule has 102 valence electrons. The van der Waals surface area contributed by atoms with E-state index in [9.17, 15) is 14.3 Å². The number of carbonyl (C=O) groups is 1. The van der Waals surface area contributed by atoms with Crippen molar-refractivity contribution < 1.29 is 19.0 Å². The minimum Gasteiger partial charge on any atom is -0.507 e. The number of hydrogen-bond acceptors (Lipinski definition) is 3. The Morgan fingerprint density at radius 1 is 1.42 bits per heavy atom. The van der Waals surface area contributed by atoms with Crippen LogP contribution in [0.3, 0.4) is 0 Å². The highest BCUT2D eigenvalue weighted by atomic mass is 19.1. The summed E-state index contributed by atoms with van der Waals surface area (Å²) in [6.45, 7) is 0.999. The molecule has 2 fully saturated rings. The van der Waals surface area contributed by atoms with Crippen LogP contribution >= 0.6 is 0 Å². The summed E-state index contributed by atoms with van der Waals surface area (Å²) in [5, 5.41) is 9.73. The maximum Gasteiger partial charge on any atom is 0.258 e. The molecular weight excluding hydrogens is 249 g/mol. The minimum absolute atomic E-state index is 0.0348. The number of phenols is 1. The molecule has 1 aliphatic heterocycles. The van der Waals surface area contributed by atoms with E-state index in [-0.39, 0.29) is 29.4 Å². The van der Waals surface area contributed by atoms with Crippen LogP contribution in [0.1, 0.15) is 29.6 Å². The van der Waals surface area contributed by atoms with Gasteiger partial charge >= 0.3 is 0 Å². The lowest BCUT2D eigenvalue weighted by Gasteiger charge is -2.37. The highest BCUT2D eigenvalue weighted by Crippen LogP contribution is 2.31. The zero-order chi connectivity index (χ0) is 13.4. The Balaban J connectivity index is 1.88. The average Bonchev–Trinajstić information content (AvgIpc) is 2.89. The third-order valence-electron chi connectivity index (χ3n) is 3.93. The Morgan fingerprint density at radius 3 is 3.11 bits per heavy atom. The summed E-state index contributed by atoms with van der Waals surface area (Å²) in [5.41, 5.74) is 0.0348. The molecule has 2 aliphatic rings. The van der Waals surface area contributed by atoms with E-state index < -0.39 is 5.82 Å². The molecule has 1 aromatic rings. The van der Waals surface area contributed by atoms with Crippen molar-refractivity contribution in [2.24, 2.45) is 0 Å². The molecule has 19 heavy (non-hydrogen) atoms. The molecule has 0 bridgehead atoms. The molecule has 1 saturated carbocycles. The van der Waals surface area contributed by atoms with Gasteiger partial charge in [-0.2, -0.15) is 0 Å². The van der Waals surface area contributed by atoms with E-state index in [0.717, 1.165) is 31.4 Å². The number of benzene rings is 1. The lowest BCUT2D eigenvalue weighted by Crippen LogP contribution is -2.51. The predicted octanol–water partition coefficient (Wildman–Crippen LogP) is 1.92. The second-order valence-corrected chi connectivity index (χ2v) is 5.07. The monoisotopic (exact) mass is 265 g/mol. The summed E-state index contributed by atoms with van der Waals surface area (Å²) in [7, 11) is 0. The van der Waals surface area contributed by atoms with Crippen LogP contribution in [0, 0.1) is 5.82 Å². The summed E-state index contributed by atoms with van der Waals surface area (Å²) in [6.07, 6.45) is 3.00. The van der Waals surface area contributed by atoms with Crippen molar-refractivity contribution in [3.63, 3.8) is 0 Å². The Labute approximate surface area is 110 Å². The van der Waals surface area contributed by atoms with Crippen LogP contribution < -0.4 is 0 Å². The van der Waals surface area contributed by atoms with Crippen molar-refractivity contribution in [3.05, 3.63) is 29.6 Å². The number of aromatic hydroxyl groups is 1. The smallest absolute Gasteiger partial charge is 0.258 e. The van der Waals surface area contributed by atoms with Gasteiger partial charge in [-0.15, -0.1) is 0 Å². The Bertz CT molecular complexity index is 505. The number of phenolic OH excluding ortho intramolecular Hbond substituents is 1. The summed E-state index contributed by atoms with van der Waals surface area (Å²) in [5.74, 6) is -0.998. The van der Waals surface area contributed by atoms with Crippen LogP contribution in [0.25, 0.3) is 0 Å². The van der Waals surface area contributed by atoms with Gasteiger partial charge in [0.25, 0.3) is 5.91 Å². The van der Waals surface area contributed by atoms with Gasteiger partial charge in [0.2, 0.25) is 0 Å². The lowest BCUT2D eigenvalue weighted by atomic mass is 10.1. The van der Waals surface area contributed by atoms with Gasteiger partial charge < -0.3 is 14.7 Å². The van der Waals surface area contributed by atoms with E-state index >= 15 is 0 Å². The maximum atomic E-state index is 13.2. The molecule has 1 aliphatic carbocycles. The summed E-state index contributed by atoms with van der Waals surface area (Å²) >= 11 is 0. The fraction of sp³-hybridized carbons (Fsp3) is 0.500. The molecule has 0 spiro atoms. The maximum absolute atomic E-state index is 13.2. The number of ether oxygens (including phenoxy) is 1. The van der Waals surface area contributed by atoms with Gasteiger partial charge in [0.1, 0.15) is 11.6 Å². The summed E-state index contributed by atoms with van der Waals surface area (Å²) < 4.78 is 18.9. The molecule has 0 aromatic heterocycles. The Hall–Kier alpha value is -1.62. The molecule has 1 aromatic carbocycles. The average molecular weight is 265 g/mol. The summed E-state index contributed by atoms with van der Waals surface area (Å²) in [4.78, 5) is 14.2. The van der Waals surface area contributed by atoms with Gasteiger partial charge in [0, 0.05) is 6.54 Å². The fourth-order valence-corrected chi connectivity index (χ4v) is 3.01. The molecule has 3 rings (SSSR count). The predicted molar refractivity (Wildman–Crippen MR) is 66.5 cm³/mol. The van der Waals surface area contributed by atoms with E-state index in [1.807, 2.05) is 0 Å². The van der Waals surface area contributed by atoms with Crippen molar-refractivity contribution >= 4 is 5.91 Å². The van der Waals surface area contributed by atoms with Gasteiger partial charge in [0.15, 0.2) is 0 Å².